The molecule has 2 unspecified atom stereocenters. The van der Waals surface area contributed by atoms with Crippen LogP contribution in [0.25, 0.3) is 0 Å². The lowest BCUT2D eigenvalue weighted by molar-refractivity contribution is -0.151. The van der Waals surface area contributed by atoms with Crippen molar-refractivity contribution < 1.29 is 9.53 Å². The summed E-state index contributed by atoms with van der Waals surface area (Å²) in [7, 11) is 0. The number of hydrogen-bond donors (Lipinski definition) is 0. The van der Waals surface area contributed by atoms with Gasteiger partial charge in [-0.3, -0.25) is 4.79 Å². The summed E-state index contributed by atoms with van der Waals surface area (Å²) in [6.07, 6.45) is 6.98. The molecule has 0 aromatic carbocycles. The average Bonchev–Trinajstić information content (AvgIpc) is 2.99. The van der Waals surface area contributed by atoms with E-state index in [-0.39, 0.29) is 11.9 Å². The minimum atomic E-state index is 0.0391. The lowest BCUT2D eigenvalue weighted by atomic mass is 9.69. The number of rotatable bonds is 2. The molecule has 76 valence electrons. The third-order valence-electron chi connectivity index (χ3n) is 4.10. The van der Waals surface area contributed by atoms with E-state index in [4.69, 9.17) is 4.74 Å². The predicted octanol–water partition coefficient (Wildman–Crippen LogP) is 2.01. The highest BCUT2D eigenvalue weighted by Gasteiger charge is 2.56. The number of hydrogen-bond acceptors (Lipinski definition) is 2. The molecule has 5 atom stereocenters. The van der Waals surface area contributed by atoms with Gasteiger partial charge in [-0.15, -0.1) is 0 Å². The van der Waals surface area contributed by atoms with Crippen molar-refractivity contribution >= 4 is 5.97 Å². The molecule has 4 rings (SSSR count). The highest BCUT2D eigenvalue weighted by Crippen LogP contribution is 2.61. The van der Waals surface area contributed by atoms with Crippen molar-refractivity contribution in [1.82, 2.24) is 0 Å². The summed E-state index contributed by atoms with van der Waals surface area (Å²) in [5, 5.41) is 0. The largest absolute Gasteiger partial charge is 0.466 e. The number of ether oxygens (including phenoxy) is 1. The minimum absolute atomic E-state index is 0.0391. The van der Waals surface area contributed by atoms with E-state index in [9.17, 15) is 4.79 Å². The van der Waals surface area contributed by atoms with Crippen LogP contribution in [0.3, 0.4) is 0 Å². The summed E-state index contributed by atoms with van der Waals surface area (Å²) in [5.74, 6) is 3.12. The summed E-state index contributed by atoms with van der Waals surface area (Å²) < 4.78 is 5.13. The molecule has 2 fully saturated rings. The van der Waals surface area contributed by atoms with Gasteiger partial charge in [-0.1, -0.05) is 12.2 Å². The summed E-state index contributed by atoms with van der Waals surface area (Å²) in [4.78, 5) is 11.7. The van der Waals surface area contributed by atoms with Crippen LogP contribution in [0.4, 0.5) is 0 Å². The van der Waals surface area contributed by atoms with Gasteiger partial charge in [-0.25, -0.2) is 0 Å². The van der Waals surface area contributed by atoms with Gasteiger partial charge in [0.05, 0.1) is 12.5 Å². The number of allylic oxidation sites excluding steroid dienone is 2. The smallest absolute Gasteiger partial charge is 0.309 e. The Labute approximate surface area is 84.3 Å². The highest BCUT2D eigenvalue weighted by atomic mass is 16.5. The van der Waals surface area contributed by atoms with E-state index in [1.165, 1.54) is 6.42 Å². The van der Waals surface area contributed by atoms with Crippen LogP contribution in [0.5, 0.6) is 0 Å². The van der Waals surface area contributed by atoms with E-state index in [2.05, 4.69) is 12.2 Å². The van der Waals surface area contributed by atoms with Crippen molar-refractivity contribution in [3.63, 3.8) is 0 Å². The first-order chi connectivity index (χ1) is 6.81. The molecule has 0 heterocycles. The Balaban J connectivity index is 1.77. The normalized spacial score (nSPS) is 47.4. The Morgan fingerprint density at radius 2 is 2.21 bits per heavy atom. The fourth-order valence-electron chi connectivity index (χ4n) is 3.37. The van der Waals surface area contributed by atoms with Crippen LogP contribution in [-0.2, 0) is 9.53 Å². The van der Waals surface area contributed by atoms with Crippen LogP contribution < -0.4 is 0 Å². The van der Waals surface area contributed by atoms with Gasteiger partial charge in [-0.05, 0) is 43.4 Å². The maximum atomic E-state index is 11.7. The SMILES string of the molecule is CCOC(=O)[C@@H]1C[C@H]2C=C[C@@H]1C1CC12. The van der Waals surface area contributed by atoms with Gasteiger partial charge in [0.15, 0.2) is 0 Å². The van der Waals surface area contributed by atoms with Crippen molar-refractivity contribution in [2.45, 2.75) is 19.8 Å². The molecule has 0 amide bonds. The zero-order valence-corrected chi connectivity index (χ0v) is 8.48. The zero-order valence-electron chi connectivity index (χ0n) is 8.48. The molecule has 4 aliphatic carbocycles. The molecule has 0 aromatic heterocycles. The second-order valence-electron chi connectivity index (χ2n) is 4.78. The predicted molar refractivity (Wildman–Crippen MR) is 52.5 cm³/mol. The molecule has 0 aliphatic heterocycles. The van der Waals surface area contributed by atoms with E-state index in [0.29, 0.717) is 18.4 Å². The number of esters is 1. The molecular weight excluding hydrogens is 176 g/mol. The van der Waals surface area contributed by atoms with E-state index in [0.717, 1.165) is 18.3 Å². The van der Waals surface area contributed by atoms with E-state index in [1.807, 2.05) is 6.92 Å². The van der Waals surface area contributed by atoms with E-state index in [1.54, 1.807) is 0 Å². The maximum Gasteiger partial charge on any atom is 0.309 e. The molecule has 2 saturated carbocycles. The van der Waals surface area contributed by atoms with Gasteiger partial charge in [-0.2, -0.15) is 0 Å². The highest BCUT2D eigenvalue weighted by molar-refractivity contribution is 5.74. The van der Waals surface area contributed by atoms with Crippen LogP contribution in [0.15, 0.2) is 12.2 Å². The Bertz CT molecular complexity index is 295. The third kappa shape index (κ3) is 1.06. The first-order valence-corrected chi connectivity index (χ1v) is 5.66. The molecule has 14 heavy (non-hydrogen) atoms. The molecular formula is C12H16O2. The molecule has 0 saturated heterocycles. The number of fused-ring (bicyclic) bond motifs is 1. The van der Waals surface area contributed by atoms with Crippen LogP contribution in [0.2, 0.25) is 0 Å². The van der Waals surface area contributed by atoms with Gasteiger partial charge in [0.2, 0.25) is 0 Å². The molecule has 2 heteroatoms. The van der Waals surface area contributed by atoms with Gasteiger partial charge in [0.25, 0.3) is 0 Å². The Morgan fingerprint density at radius 1 is 1.36 bits per heavy atom. The first-order valence-electron chi connectivity index (χ1n) is 5.66. The minimum Gasteiger partial charge on any atom is -0.466 e. The van der Waals surface area contributed by atoms with Gasteiger partial charge in [0.1, 0.15) is 0 Å². The second-order valence-corrected chi connectivity index (χ2v) is 4.78. The van der Waals surface area contributed by atoms with Crippen molar-refractivity contribution in [1.29, 1.82) is 0 Å². The maximum absolute atomic E-state index is 11.7. The van der Waals surface area contributed by atoms with Crippen LogP contribution in [-0.4, -0.2) is 12.6 Å². The fourth-order valence-corrected chi connectivity index (χ4v) is 3.37. The summed E-state index contributed by atoms with van der Waals surface area (Å²) in [6.45, 7) is 2.40. The van der Waals surface area contributed by atoms with E-state index < -0.39 is 0 Å². The zero-order chi connectivity index (χ0) is 9.71. The molecule has 2 nitrogen and oxygen atoms in total. The molecule has 0 aromatic rings. The molecule has 0 N–H and O–H groups in total. The lowest BCUT2D eigenvalue weighted by Gasteiger charge is -2.35. The summed E-state index contributed by atoms with van der Waals surface area (Å²) >= 11 is 0. The monoisotopic (exact) mass is 192 g/mol. The van der Waals surface area contributed by atoms with Crippen LogP contribution >= 0.6 is 0 Å². The number of carbonyl (C=O) groups excluding carboxylic acids is 1. The molecule has 0 spiro atoms. The molecule has 0 radical (unpaired) electrons. The Kier molecular flexibility index (Phi) is 1.73. The van der Waals surface area contributed by atoms with Crippen molar-refractivity contribution in [3.8, 4) is 0 Å². The van der Waals surface area contributed by atoms with Gasteiger partial charge < -0.3 is 4.74 Å². The molecule has 2 bridgehead atoms. The average molecular weight is 192 g/mol. The van der Waals surface area contributed by atoms with Crippen LogP contribution in [0, 0.1) is 29.6 Å². The topological polar surface area (TPSA) is 26.3 Å². The van der Waals surface area contributed by atoms with Gasteiger partial charge in [0, 0.05) is 0 Å². The van der Waals surface area contributed by atoms with Crippen LogP contribution in [0.1, 0.15) is 19.8 Å². The third-order valence-corrected chi connectivity index (χ3v) is 4.10. The fraction of sp³-hybridized carbons (Fsp3) is 0.750. The van der Waals surface area contributed by atoms with E-state index >= 15 is 0 Å². The second kappa shape index (κ2) is 2.85. The Morgan fingerprint density at radius 3 is 2.93 bits per heavy atom. The lowest BCUT2D eigenvalue weighted by Crippen LogP contribution is -2.35. The first kappa shape index (κ1) is 8.51. The van der Waals surface area contributed by atoms with Gasteiger partial charge >= 0.3 is 5.97 Å². The standard InChI is InChI=1S/C12H16O2/c1-2-14-12(13)11-5-7-3-4-8(11)10-6-9(7)10/h3-4,7-11H,2,5-6H2,1H3/t7-,8-,9?,10?,11-/m1/s1. The van der Waals surface area contributed by atoms with Crippen molar-refractivity contribution in [2.75, 3.05) is 6.61 Å². The summed E-state index contributed by atoms with van der Waals surface area (Å²) in [6, 6.07) is 0. The van der Waals surface area contributed by atoms with Crippen molar-refractivity contribution in [3.05, 3.63) is 12.2 Å². The number of carbonyl (C=O) groups is 1. The summed E-state index contributed by atoms with van der Waals surface area (Å²) in [5.41, 5.74) is 0. The molecule has 4 aliphatic rings. The van der Waals surface area contributed by atoms with Crippen molar-refractivity contribution in [2.24, 2.45) is 29.6 Å². The Hall–Kier alpha value is -0.790. The quantitative estimate of drug-likeness (QED) is 0.494.